The topological polar surface area (TPSA) is 57.7 Å². The Morgan fingerprint density at radius 2 is 1.65 bits per heavy atom. The molecule has 5 nitrogen and oxygen atoms in total. The highest BCUT2D eigenvalue weighted by atomic mass is 32.2. The average molecular weight is 377 g/mol. The summed E-state index contributed by atoms with van der Waals surface area (Å²) in [7, 11) is -3.46. The van der Waals surface area contributed by atoms with Crippen molar-refractivity contribution >= 4 is 15.9 Å². The third-order valence-corrected chi connectivity index (χ3v) is 8.13. The third-order valence-electron chi connectivity index (χ3n) is 6.24. The fourth-order valence-electron chi connectivity index (χ4n) is 4.63. The first-order valence-corrected chi connectivity index (χ1v) is 11.4. The molecule has 3 aliphatic rings. The van der Waals surface area contributed by atoms with Crippen LogP contribution in [0.5, 0.6) is 0 Å². The summed E-state index contributed by atoms with van der Waals surface area (Å²) < 4.78 is 27.5. The molecule has 0 aromatic heterocycles. The van der Waals surface area contributed by atoms with E-state index in [2.05, 4.69) is 0 Å². The maximum atomic E-state index is 13.0. The van der Waals surface area contributed by atoms with Gasteiger partial charge >= 0.3 is 0 Å². The van der Waals surface area contributed by atoms with Crippen LogP contribution in [0.2, 0.25) is 0 Å². The van der Waals surface area contributed by atoms with Gasteiger partial charge in [-0.3, -0.25) is 4.79 Å². The molecule has 1 aromatic rings. The Hall–Kier alpha value is -1.40. The van der Waals surface area contributed by atoms with Crippen LogP contribution in [0.25, 0.3) is 0 Å². The van der Waals surface area contributed by atoms with E-state index in [1.807, 2.05) is 17.0 Å². The molecule has 2 aliphatic carbocycles. The van der Waals surface area contributed by atoms with E-state index in [0.717, 1.165) is 19.3 Å². The molecule has 0 bridgehead atoms. The van der Waals surface area contributed by atoms with Crippen LogP contribution in [-0.4, -0.2) is 49.7 Å². The van der Waals surface area contributed by atoms with Gasteiger partial charge in [0.2, 0.25) is 15.9 Å². The summed E-state index contributed by atoms with van der Waals surface area (Å²) in [6.45, 7) is 1.82. The van der Waals surface area contributed by atoms with Gasteiger partial charge in [-0.1, -0.05) is 18.9 Å². The van der Waals surface area contributed by atoms with E-state index >= 15 is 0 Å². The lowest BCUT2D eigenvalue weighted by atomic mass is 10.0. The van der Waals surface area contributed by atoms with Gasteiger partial charge < -0.3 is 4.90 Å². The number of aryl methyl sites for hydroxylation is 2. The van der Waals surface area contributed by atoms with Gasteiger partial charge in [-0.15, -0.1) is 0 Å². The molecular weight excluding hydrogens is 348 g/mol. The maximum absolute atomic E-state index is 13.0. The fraction of sp³-hybridized carbons (Fsp3) is 0.650. The molecule has 142 valence electrons. The highest BCUT2D eigenvalue weighted by Gasteiger charge is 2.31. The predicted molar refractivity (Wildman–Crippen MR) is 100 cm³/mol. The van der Waals surface area contributed by atoms with Crippen LogP contribution in [-0.2, 0) is 27.7 Å². The molecule has 26 heavy (non-hydrogen) atoms. The summed E-state index contributed by atoms with van der Waals surface area (Å²) in [5.74, 6) is 0.738. The number of piperazine rings is 1. The van der Waals surface area contributed by atoms with Gasteiger partial charge in [0, 0.05) is 32.6 Å². The summed E-state index contributed by atoms with van der Waals surface area (Å²) in [5, 5.41) is 0. The zero-order chi connectivity index (χ0) is 18.1. The number of hydrogen-bond donors (Lipinski definition) is 0. The van der Waals surface area contributed by atoms with E-state index in [1.54, 1.807) is 10.4 Å². The SMILES string of the molecule is O=C(CC1CCCC1)N1CCN(S(=O)(=O)c2ccc3c(c2)CCC3)CC1. The molecule has 6 heteroatoms. The number of nitrogens with zero attached hydrogens (tertiary/aromatic N) is 2. The van der Waals surface area contributed by atoms with Gasteiger partial charge in [-0.25, -0.2) is 8.42 Å². The number of rotatable bonds is 4. The van der Waals surface area contributed by atoms with Crippen LogP contribution in [0.1, 0.15) is 49.7 Å². The van der Waals surface area contributed by atoms with E-state index in [1.165, 1.54) is 36.8 Å². The first-order chi connectivity index (χ1) is 12.5. The fourth-order valence-corrected chi connectivity index (χ4v) is 6.10. The van der Waals surface area contributed by atoms with Crippen molar-refractivity contribution in [1.82, 2.24) is 9.21 Å². The number of carbonyl (C=O) groups excluding carboxylic acids is 1. The number of carbonyl (C=O) groups is 1. The van der Waals surface area contributed by atoms with E-state index in [9.17, 15) is 13.2 Å². The van der Waals surface area contributed by atoms with Gasteiger partial charge in [0.25, 0.3) is 0 Å². The number of hydrogen-bond acceptors (Lipinski definition) is 3. The molecule has 1 saturated heterocycles. The second kappa shape index (κ2) is 7.31. The minimum absolute atomic E-state index is 0.200. The first-order valence-electron chi connectivity index (χ1n) is 9.94. The molecule has 0 N–H and O–H groups in total. The highest BCUT2D eigenvalue weighted by Crippen LogP contribution is 2.29. The van der Waals surface area contributed by atoms with Crippen LogP contribution in [0, 0.1) is 5.92 Å². The van der Waals surface area contributed by atoms with Gasteiger partial charge in [0.05, 0.1) is 4.90 Å². The number of benzene rings is 1. The Balaban J connectivity index is 1.38. The summed E-state index contributed by atoms with van der Waals surface area (Å²) in [6.07, 6.45) is 8.59. The Bertz CT molecular complexity index is 776. The van der Waals surface area contributed by atoms with Crippen LogP contribution in [0.15, 0.2) is 23.1 Å². The number of fused-ring (bicyclic) bond motifs is 1. The maximum Gasteiger partial charge on any atom is 0.243 e. The first kappa shape index (κ1) is 18.0. The van der Waals surface area contributed by atoms with Crippen molar-refractivity contribution in [3.05, 3.63) is 29.3 Å². The summed E-state index contributed by atoms with van der Waals surface area (Å²) >= 11 is 0. The largest absolute Gasteiger partial charge is 0.340 e. The lowest BCUT2D eigenvalue weighted by Crippen LogP contribution is -2.50. The van der Waals surface area contributed by atoms with Crippen molar-refractivity contribution in [3.8, 4) is 0 Å². The molecule has 0 atom stereocenters. The van der Waals surface area contributed by atoms with Crippen LogP contribution < -0.4 is 0 Å². The van der Waals surface area contributed by atoms with Gasteiger partial charge in [-0.05, 0) is 61.3 Å². The molecular formula is C20H28N2O3S. The molecule has 0 unspecified atom stereocenters. The van der Waals surface area contributed by atoms with Crippen molar-refractivity contribution in [3.63, 3.8) is 0 Å². The summed E-state index contributed by atoms with van der Waals surface area (Å²) in [4.78, 5) is 14.7. The minimum Gasteiger partial charge on any atom is -0.340 e. The zero-order valence-corrected chi connectivity index (χ0v) is 16.1. The van der Waals surface area contributed by atoms with Gasteiger partial charge in [0.1, 0.15) is 0 Å². The molecule has 2 fully saturated rings. The second-order valence-electron chi connectivity index (χ2n) is 7.92. The second-order valence-corrected chi connectivity index (χ2v) is 9.86. The van der Waals surface area contributed by atoms with Crippen LogP contribution in [0.4, 0.5) is 0 Å². The van der Waals surface area contributed by atoms with E-state index < -0.39 is 10.0 Å². The van der Waals surface area contributed by atoms with Gasteiger partial charge in [-0.2, -0.15) is 4.31 Å². The number of sulfonamides is 1. The van der Waals surface area contributed by atoms with Crippen molar-refractivity contribution in [2.24, 2.45) is 5.92 Å². The molecule has 1 heterocycles. The number of amides is 1. The summed E-state index contributed by atoms with van der Waals surface area (Å²) in [5.41, 5.74) is 2.46. The Labute approximate surface area is 156 Å². The predicted octanol–water partition coefficient (Wildman–Crippen LogP) is 2.59. The van der Waals surface area contributed by atoms with Crippen LogP contribution >= 0.6 is 0 Å². The molecule has 1 amide bonds. The quantitative estimate of drug-likeness (QED) is 0.812. The van der Waals surface area contributed by atoms with Crippen molar-refractivity contribution < 1.29 is 13.2 Å². The normalized spacial score (nSPS) is 21.9. The molecule has 4 rings (SSSR count). The van der Waals surface area contributed by atoms with Gasteiger partial charge in [0.15, 0.2) is 0 Å². The minimum atomic E-state index is -3.46. The van der Waals surface area contributed by atoms with Crippen molar-refractivity contribution in [2.45, 2.75) is 56.3 Å². The molecule has 1 aromatic carbocycles. The molecule has 0 radical (unpaired) electrons. The standard InChI is InChI=1S/C20H28N2O3S/c23-20(14-16-4-1-2-5-16)21-10-12-22(13-11-21)26(24,25)19-9-8-17-6-3-7-18(17)15-19/h8-9,15-16H,1-7,10-14H2. The lowest BCUT2D eigenvalue weighted by Gasteiger charge is -2.34. The zero-order valence-electron chi connectivity index (χ0n) is 15.3. The van der Waals surface area contributed by atoms with E-state index in [0.29, 0.717) is 43.4 Å². The molecule has 0 spiro atoms. The molecule has 1 saturated carbocycles. The van der Waals surface area contributed by atoms with Crippen LogP contribution in [0.3, 0.4) is 0 Å². The smallest absolute Gasteiger partial charge is 0.243 e. The molecule has 1 aliphatic heterocycles. The summed E-state index contributed by atoms with van der Waals surface area (Å²) in [6, 6.07) is 5.57. The van der Waals surface area contributed by atoms with E-state index in [-0.39, 0.29) is 5.91 Å². The highest BCUT2D eigenvalue weighted by molar-refractivity contribution is 7.89. The van der Waals surface area contributed by atoms with Crippen molar-refractivity contribution in [2.75, 3.05) is 26.2 Å². The third kappa shape index (κ3) is 3.54. The Morgan fingerprint density at radius 3 is 2.38 bits per heavy atom. The Morgan fingerprint density at radius 1 is 0.962 bits per heavy atom. The van der Waals surface area contributed by atoms with E-state index in [4.69, 9.17) is 0 Å². The lowest BCUT2D eigenvalue weighted by molar-refractivity contribution is -0.133. The average Bonchev–Trinajstić information content (AvgIpc) is 3.32. The Kier molecular flexibility index (Phi) is 5.06. The monoisotopic (exact) mass is 376 g/mol. The van der Waals surface area contributed by atoms with Crippen molar-refractivity contribution in [1.29, 1.82) is 0 Å².